The predicted molar refractivity (Wildman–Crippen MR) is 115 cm³/mol. The molecule has 6 nitrogen and oxygen atoms in total. The number of rotatable bonds is 10. The number of hydrogen-bond donors (Lipinski definition) is 3. The lowest BCUT2D eigenvalue weighted by molar-refractivity contribution is 0.425. The molecule has 1 atom stereocenters. The highest BCUT2D eigenvalue weighted by molar-refractivity contribution is 7.99. The highest BCUT2D eigenvalue weighted by Gasteiger charge is 2.16. The molecule has 0 fully saturated rings. The molecular formula is C21H26N6S. The van der Waals surface area contributed by atoms with Crippen LogP contribution in [0.15, 0.2) is 67.3 Å². The summed E-state index contributed by atoms with van der Waals surface area (Å²) in [6, 6.07) is 16.4. The molecule has 0 spiro atoms. The van der Waals surface area contributed by atoms with Gasteiger partial charge < -0.3 is 15.6 Å². The molecule has 0 saturated carbocycles. The Morgan fingerprint density at radius 2 is 1.93 bits per heavy atom. The molecule has 0 bridgehead atoms. The fraction of sp³-hybridized carbons (Fsp3) is 0.286. The summed E-state index contributed by atoms with van der Waals surface area (Å²) in [5, 5.41) is 8.05. The SMILES string of the molecule is N=C(N)N(CCCc1c[nH]cn1)CCSC(c1ccccc1)c1ccccn1. The largest absolute Gasteiger partial charge is 0.370 e. The number of aryl methyl sites for hydroxylation is 1. The van der Waals surface area contributed by atoms with Crippen LogP contribution in [0.1, 0.15) is 28.6 Å². The third-order valence-corrected chi connectivity index (χ3v) is 5.73. The van der Waals surface area contributed by atoms with Crippen LogP contribution < -0.4 is 5.73 Å². The van der Waals surface area contributed by atoms with Gasteiger partial charge >= 0.3 is 0 Å². The van der Waals surface area contributed by atoms with E-state index in [4.69, 9.17) is 11.1 Å². The maximum absolute atomic E-state index is 7.88. The van der Waals surface area contributed by atoms with E-state index in [9.17, 15) is 0 Å². The second-order valence-electron chi connectivity index (χ2n) is 6.45. The van der Waals surface area contributed by atoms with E-state index in [-0.39, 0.29) is 11.2 Å². The average Bonchev–Trinajstić information content (AvgIpc) is 3.24. The van der Waals surface area contributed by atoms with E-state index in [0.717, 1.165) is 43.1 Å². The lowest BCUT2D eigenvalue weighted by Crippen LogP contribution is -2.39. The predicted octanol–water partition coefficient (Wildman–Crippen LogP) is 3.46. The second kappa shape index (κ2) is 10.5. The summed E-state index contributed by atoms with van der Waals surface area (Å²) < 4.78 is 0. The van der Waals surface area contributed by atoms with Crippen LogP contribution in [-0.4, -0.2) is 44.7 Å². The Hall–Kier alpha value is -2.80. The summed E-state index contributed by atoms with van der Waals surface area (Å²) in [5.41, 5.74) is 9.12. The minimum atomic E-state index is 0.122. The van der Waals surface area contributed by atoms with Crippen molar-refractivity contribution in [3.05, 3.63) is 84.2 Å². The van der Waals surface area contributed by atoms with E-state index < -0.39 is 0 Å². The molecule has 146 valence electrons. The number of nitrogens with one attached hydrogen (secondary N) is 2. The number of guanidine groups is 1. The number of aromatic nitrogens is 3. The van der Waals surface area contributed by atoms with Crippen LogP contribution in [0.5, 0.6) is 0 Å². The molecule has 7 heteroatoms. The summed E-state index contributed by atoms with van der Waals surface area (Å²) in [6.45, 7) is 1.49. The van der Waals surface area contributed by atoms with Crippen molar-refractivity contribution < 1.29 is 0 Å². The summed E-state index contributed by atoms with van der Waals surface area (Å²) >= 11 is 1.83. The maximum atomic E-state index is 7.88. The van der Waals surface area contributed by atoms with Crippen LogP contribution in [0, 0.1) is 5.41 Å². The molecule has 2 aromatic heterocycles. The first-order valence-electron chi connectivity index (χ1n) is 9.38. The summed E-state index contributed by atoms with van der Waals surface area (Å²) in [4.78, 5) is 13.7. The first-order chi connectivity index (χ1) is 13.7. The Morgan fingerprint density at radius 3 is 2.61 bits per heavy atom. The van der Waals surface area contributed by atoms with Crippen molar-refractivity contribution >= 4 is 17.7 Å². The number of thioether (sulfide) groups is 1. The zero-order chi connectivity index (χ0) is 19.6. The molecule has 0 radical (unpaired) electrons. The third kappa shape index (κ3) is 5.85. The van der Waals surface area contributed by atoms with Crippen molar-refractivity contribution in [3.8, 4) is 0 Å². The third-order valence-electron chi connectivity index (χ3n) is 4.46. The van der Waals surface area contributed by atoms with Crippen molar-refractivity contribution in [1.29, 1.82) is 5.41 Å². The number of H-pyrrole nitrogens is 1. The molecule has 4 N–H and O–H groups in total. The van der Waals surface area contributed by atoms with E-state index in [1.165, 1.54) is 5.56 Å². The Kier molecular flexibility index (Phi) is 7.49. The van der Waals surface area contributed by atoms with Crippen LogP contribution >= 0.6 is 11.8 Å². The van der Waals surface area contributed by atoms with Crippen LogP contribution in [0.2, 0.25) is 0 Å². The van der Waals surface area contributed by atoms with Gasteiger partial charge in [-0.3, -0.25) is 10.4 Å². The van der Waals surface area contributed by atoms with Gasteiger partial charge in [0.25, 0.3) is 0 Å². The zero-order valence-electron chi connectivity index (χ0n) is 15.8. The van der Waals surface area contributed by atoms with Crippen LogP contribution in [-0.2, 0) is 6.42 Å². The molecule has 3 rings (SSSR count). The van der Waals surface area contributed by atoms with E-state index in [2.05, 4.69) is 45.3 Å². The van der Waals surface area contributed by atoms with Gasteiger partial charge in [0.15, 0.2) is 5.96 Å². The van der Waals surface area contributed by atoms with Gasteiger partial charge in [0.2, 0.25) is 0 Å². The molecule has 2 heterocycles. The highest BCUT2D eigenvalue weighted by atomic mass is 32.2. The fourth-order valence-corrected chi connectivity index (χ4v) is 4.24. The first-order valence-corrected chi connectivity index (χ1v) is 10.4. The van der Waals surface area contributed by atoms with Gasteiger partial charge in [-0.05, 0) is 30.5 Å². The Morgan fingerprint density at radius 1 is 1.11 bits per heavy atom. The minimum Gasteiger partial charge on any atom is -0.370 e. The molecule has 0 amide bonds. The Balaban J connectivity index is 1.56. The monoisotopic (exact) mass is 394 g/mol. The van der Waals surface area contributed by atoms with Crippen molar-refractivity contribution in [3.63, 3.8) is 0 Å². The van der Waals surface area contributed by atoms with Crippen molar-refractivity contribution in [2.24, 2.45) is 5.73 Å². The van der Waals surface area contributed by atoms with Gasteiger partial charge in [0, 0.05) is 31.2 Å². The van der Waals surface area contributed by atoms with Gasteiger partial charge in [-0.1, -0.05) is 36.4 Å². The summed E-state index contributed by atoms with van der Waals surface area (Å²) in [5.74, 6) is 0.981. The Bertz CT molecular complexity index is 783. The number of pyridine rings is 1. The van der Waals surface area contributed by atoms with E-state index in [1.807, 2.05) is 47.3 Å². The summed E-state index contributed by atoms with van der Waals surface area (Å²) in [6.07, 6.45) is 7.22. The normalized spacial score (nSPS) is 11.9. The van der Waals surface area contributed by atoms with E-state index in [0.29, 0.717) is 0 Å². The number of nitrogens with two attached hydrogens (primary N) is 1. The summed E-state index contributed by atoms with van der Waals surface area (Å²) in [7, 11) is 0. The quantitative estimate of drug-likeness (QED) is 0.362. The van der Waals surface area contributed by atoms with E-state index >= 15 is 0 Å². The standard InChI is InChI=1S/C21H26N6S/c22-21(23)27(12-6-9-18-15-24-16-26-18)13-14-28-20(17-7-2-1-3-8-17)19-10-4-5-11-25-19/h1-5,7-8,10-11,15-16,20H,6,9,12-14H2,(H3,22,23)(H,24,26). The number of aromatic amines is 1. The molecule has 0 aliphatic carbocycles. The number of imidazole rings is 1. The molecule has 0 aliphatic heterocycles. The van der Waals surface area contributed by atoms with Crippen molar-refractivity contribution in [1.82, 2.24) is 19.9 Å². The van der Waals surface area contributed by atoms with Crippen LogP contribution in [0.25, 0.3) is 0 Å². The first kappa shape index (κ1) is 19.9. The van der Waals surface area contributed by atoms with E-state index in [1.54, 1.807) is 6.33 Å². The molecule has 28 heavy (non-hydrogen) atoms. The highest BCUT2D eigenvalue weighted by Crippen LogP contribution is 2.34. The van der Waals surface area contributed by atoms with Crippen LogP contribution in [0.4, 0.5) is 0 Å². The van der Waals surface area contributed by atoms with Gasteiger partial charge in [-0.25, -0.2) is 4.98 Å². The number of benzene rings is 1. The second-order valence-corrected chi connectivity index (χ2v) is 7.67. The fourth-order valence-electron chi connectivity index (χ4n) is 3.02. The molecule has 0 saturated heterocycles. The lowest BCUT2D eigenvalue weighted by Gasteiger charge is -2.24. The van der Waals surface area contributed by atoms with Crippen molar-refractivity contribution in [2.75, 3.05) is 18.8 Å². The van der Waals surface area contributed by atoms with Gasteiger partial charge in [-0.2, -0.15) is 0 Å². The lowest BCUT2D eigenvalue weighted by atomic mass is 10.1. The molecule has 3 aromatic rings. The number of hydrogen-bond acceptors (Lipinski definition) is 4. The number of nitrogens with zero attached hydrogens (tertiary/aromatic N) is 3. The molecule has 1 aromatic carbocycles. The smallest absolute Gasteiger partial charge is 0.188 e. The topological polar surface area (TPSA) is 94.7 Å². The van der Waals surface area contributed by atoms with Gasteiger partial charge in [0.1, 0.15) is 0 Å². The molecular weight excluding hydrogens is 368 g/mol. The Labute approximate surface area is 170 Å². The van der Waals surface area contributed by atoms with Crippen LogP contribution in [0.3, 0.4) is 0 Å². The average molecular weight is 395 g/mol. The molecule has 0 aliphatic rings. The van der Waals surface area contributed by atoms with Gasteiger partial charge in [-0.15, -0.1) is 11.8 Å². The molecule has 1 unspecified atom stereocenters. The minimum absolute atomic E-state index is 0.122. The maximum Gasteiger partial charge on any atom is 0.188 e. The zero-order valence-corrected chi connectivity index (χ0v) is 16.6. The van der Waals surface area contributed by atoms with Crippen molar-refractivity contribution in [2.45, 2.75) is 18.1 Å². The van der Waals surface area contributed by atoms with Gasteiger partial charge in [0.05, 0.1) is 23.0 Å².